The van der Waals surface area contributed by atoms with E-state index in [4.69, 9.17) is 0 Å². The van der Waals surface area contributed by atoms with E-state index in [1.807, 2.05) is 36.4 Å². The second-order valence-electron chi connectivity index (χ2n) is 6.99. The van der Waals surface area contributed by atoms with E-state index in [9.17, 15) is 4.79 Å². The summed E-state index contributed by atoms with van der Waals surface area (Å²) >= 11 is 0. The molecular formula is C20H19N7O. The van der Waals surface area contributed by atoms with Gasteiger partial charge in [-0.05, 0) is 36.6 Å². The van der Waals surface area contributed by atoms with Gasteiger partial charge in [-0.25, -0.2) is 0 Å². The van der Waals surface area contributed by atoms with Gasteiger partial charge in [-0.3, -0.25) is 4.79 Å². The van der Waals surface area contributed by atoms with Crippen molar-refractivity contribution in [2.45, 2.75) is 25.3 Å². The van der Waals surface area contributed by atoms with Gasteiger partial charge in [-0.15, -0.1) is 0 Å². The third kappa shape index (κ3) is 3.20. The number of anilines is 3. The minimum atomic E-state index is -0.0510. The molecule has 0 radical (unpaired) electrons. The third-order valence-corrected chi connectivity index (χ3v) is 4.69. The normalized spacial score (nSPS) is 17.9. The smallest absolute Gasteiger partial charge is 0.233 e. The van der Waals surface area contributed by atoms with Gasteiger partial charge in [0.05, 0.1) is 12.6 Å². The minimum Gasteiger partial charge on any atom is -0.351 e. The quantitative estimate of drug-likeness (QED) is 0.636. The number of allylic oxidation sites excluding steroid dienone is 1. The maximum atomic E-state index is 11.6. The highest BCUT2D eigenvalue weighted by Gasteiger charge is 2.24. The van der Waals surface area contributed by atoms with Gasteiger partial charge >= 0.3 is 0 Å². The molecule has 28 heavy (non-hydrogen) atoms. The summed E-state index contributed by atoms with van der Waals surface area (Å²) in [5.41, 5.74) is 3.85. The summed E-state index contributed by atoms with van der Waals surface area (Å²) in [6.07, 6.45) is 6.19. The Bertz CT molecular complexity index is 1110. The first-order valence-corrected chi connectivity index (χ1v) is 9.20. The molecule has 0 unspecified atom stereocenters. The molecule has 1 aliphatic carbocycles. The highest BCUT2D eigenvalue weighted by Crippen LogP contribution is 2.27. The van der Waals surface area contributed by atoms with Crippen molar-refractivity contribution < 1.29 is 4.79 Å². The predicted octanol–water partition coefficient (Wildman–Crippen LogP) is 2.86. The first kappa shape index (κ1) is 16.5. The third-order valence-electron chi connectivity index (χ3n) is 4.69. The lowest BCUT2D eigenvalue weighted by Crippen LogP contribution is -2.11. The van der Waals surface area contributed by atoms with Crippen LogP contribution in [0.5, 0.6) is 0 Å². The van der Waals surface area contributed by atoms with Crippen LogP contribution in [-0.2, 0) is 4.79 Å². The van der Waals surface area contributed by atoms with Crippen LogP contribution >= 0.6 is 0 Å². The van der Waals surface area contributed by atoms with Crippen molar-refractivity contribution in [2.24, 2.45) is 0 Å². The maximum Gasteiger partial charge on any atom is 0.233 e. The standard InChI is InChI=1S/C20H19N7O/c1-12-13(10-17(28)22-12)9-14-11-21-27-18(14)25-19(23-16-7-8-16)26-20(27)24-15-5-3-2-4-6-15/h2-6,9,11,16H,1,7-8,10H2,(H,22,28)(H2,23,24,25,26)/b13-9+. The fourth-order valence-electron chi connectivity index (χ4n) is 3.10. The van der Waals surface area contributed by atoms with Gasteiger partial charge in [-0.2, -0.15) is 19.6 Å². The van der Waals surface area contributed by atoms with Crippen molar-refractivity contribution in [1.29, 1.82) is 0 Å². The van der Waals surface area contributed by atoms with E-state index >= 15 is 0 Å². The van der Waals surface area contributed by atoms with E-state index in [0.717, 1.165) is 29.7 Å². The zero-order valence-corrected chi connectivity index (χ0v) is 15.1. The molecule has 0 bridgehead atoms. The van der Waals surface area contributed by atoms with Gasteiger partial charge in [0.15, 0.2) is 5.65 Å². The number of rotatable bonds is 5. The molecule has 2 fully saturated rings. The number of hydrogen-bond donors (Lipinski definition) is 3. The van der Waals surface area contributed by atoms with E-state index in [2.05, 4.69) is 37.6 Å². The summed E-state index contributed by atoms with van der Waals surface area (Å²) < 4.78 is 1.67. The lowest BCUT2D eigenvalue weighted by atomic mass is 10.1. The Morgan fingerprint density at radius 2 is 2.04 bits per heavy atom. The molecule has 2 aliphatic rings. The summed E-state index contributed by atoms with van der Waals surface area (Å²) in [5.74, 6) is 1.08. The van der Waals surface area contributed by atoms with Crippen molar-refractivity contribution in [3.63, 3.8) is 0 Å². The Morgan fingerprint density at radius 1 is 1.21 bits per heavy atom. The number of nitrogens with one attached hydrogen (secondary N) is 3. The van der Waals surface area contributed by atoms with Crippen LogP contribution in [0.1, 0.15) is 24.8 Å². The van der Waals surface area contributed by atoms with Crippen LogP contribution in [0, 0.1) is 0 Å². The molecule has 1 saturated heterocycles. The fourth-order valence-corrected chi connectivity index (χ4v) is 3.10. The van der Waals surface area contributed by atoms with Crippen molar-refractivity contribution in [1.82, 2.24) is 24.9 Å². The lowest BCUT2D eigenvalue weighted by molar-refractivity contribution is -0.118. The number of nitrogens with zero attached hydrogens (tertiary/aromatic N) is 4. The number of carbonyl (C=O) groups excluding carboxylic acids is 1. The predicted molar refractivity (Wildman–Crippen MR) is 107 cm³/mol. The van der Waals surface area contributed by atoms with E-state index in [1.54, 1.807) is 10.7 Å². The van der Waals surface area contributed by atoms with Crippen molar-refractivity contribution in [3.05, 3.63) is 59.9 Å². The van der Waals surface area contributed by atoms with Crippen LogP contribution in [0.15, 0.2) is 54.4 Å². The van der Waals surface area contributed by atoms with Crippen molar-refractivity contribution in [3.8, 4) is 0 Å². The Hall–Kier alpha value is -3.68. The first-order chi connectivity index (χ1) is 13.7. The van der Waals surface area contributed by atoms with Crippen molar-refractivity contribution in [2.75, 3.05) is 10.6 Å². The molecule has 3 aromatic rings. The molecule has 3 N–H and O–H groups in total. The summed E-state index contributed by atoms with van der Waals surface area (Å²) in [6.45, 7) is 3.90. The maximum absolute atomic E-state index is 11.6. The first-order valence-electron chi connectivity index (χ1n) is 9.20. The molecule has 5 rings (SSSR count). The van der Waals surface area contributed by atoms with Crippen LogP contribution in [0.2, 0.25) is 0 Å². The Labute approximate surface area is 161 Å². The van der Waals surface area contributed by atoms with E-state index in [-0.39, 0.29) is 5.91 Å². The molecule has 1 saturated carbocycles. The zero-order valence-electron chi connectivity index (χ0n) is 15.1. The molecule has 8 nitrogen and oxygen atoms in total. The van der Waals surface area contributed by atoms with Crippen LogP contribution in [-0.4, -0.2) is 31.5 Å². The molecule has 1 aliphatic heterocycles. The number of fused-ring (bicyclic) bond motifs is 1. The van der Waals surface area contributed by atoms with Gasteiger partial charge in [0.2, 0.25) is 17.8 Å². The average molecular weight is 373 g/mol. The fraction of sp³-hybridized carbons (Fsp3) is 0.200. The molecule has 0 atom stereocenters. The second kappa shape index (κ2) is 6.49. The highest BCUT2D eigenvalue weighted by molar-refractivity contribution is 5.89. The second-order valence-corrected chi connectivity index (χ2v) is 6.99. The molecule has 8 heteroatoms. The molecule has 0 spiro atoms. The average Bonchev–Trinajstić information content (AvgIpc) is 3.31. The van der Waals surface area contributed by atoms with E-state index in [0.29, 0.717) is 35.7 Å². The number of hydrogen-bond acceptors (Lipinski definition) is 6. The van der Waals surface area contributed by atoms with Crippen LogP contribution < -0.4 is 16.0 Å². The minimum absolute atomic E-state index is 0.0510. The summed E-state index contributed by atoms with van der Waals surface area (Å²) in [5, 5.41) is 13.9. The molecule has 2 aromatic heterocycles. The summed E-state index contributed by atoms with van der Waals surface area (Å²) in [4.78, 5) is 20.9. The SMILES string of the molecule is C=C1NC(=O)C/C1=C\c1cnn2c(Nc3ccccc3)nc(NC3CC3)nc12. The summed E-state index contributed by atoms with van der Waals surface area (Å²) in [7, 11) is 0. The largest absolute Gasteiger partial charge is 0.351 e. The van der Waals surface area contributed by atoms with Gasteiger partial charge in [0.25, 0.3) is 0 Å². The van der Waals surface area contributed by atoms with E-state index < -0.39 is 0 Å². The number of carbonyl (C=O) groups is 1. The topological polar surface area (TPSA) is 96.2 Å². The van der Waals surface area contributed by atoms with E-state index in [1.165, 1.54) is 0 Å². The molecule has 1 amide bonds. The van der Waals surface area contributed by atoms with Gasteiger partial charge in [0.1, 0.15) is 0 Å². The van der Waals surface area contributed by atoms with Crippen molar-refractivity contribution >= 4 is 35.2 Å². The van der Waals surface area contributed by atoms with Crippen LogP contribution in [0.4, 0.5) is 17.6 Å². The van der Waals surface area contributed by atoms with Gasteiger partial charge in [0, 0.05) is 23.0 Å². The van der Waals surface area contributed by atoms with Crippen LogP contribution in [0.25, 0.3) is 11.7 Å². The van der Waals surface area contributed by atoms with Crippen LogP contribution in [0.3, 0.4) is 0 Å². The zero-order chi connectivity index (χ0) is 19.1. The highest BCUT2D eigenvalue weighted by atomic mass is 16.1. The Morgan fingerprint density at radius 3 is 2.75 bits per heavy atom. The lowest BCUT2D eigenvalue weighted by Gasteiger charge is -2.10. The number of aromatic nitrogens is 4. The van der Waals surface area contributed by atoms with Gasteiger partial charge < -0.3 is 16.0 Å². The number of para-hydroxylation sites is 1. The Balaban J connectivity index is 1.59. The molecule has 3 heterocycles. The Kier molecular flexibility index (Phi) is 3.82. The molecular weight excluding hydrogens is 354 g/mol. The number of benzene rings is 1. The monoisotopic (exact) mass is 373 g/mol. The molecule has 140 valence electrons. The summed E-state index contributed by atoms with van der Waals surface area (Å²) in [6, 6.07) is 10.2. The number of amides is 1. The van der Waals surface area contributed by atoms with Gasteiger partial charge in [-0.1, -0.05) is 24.8 Å². The molecule has 1 aromatic carbocycles.